The van der Waals surface area contributed by atoms with Crippen LogP contribution in [0.1, 0.15) is 20.8 Å². The van der Waals surface area contributed by atoms with Gasteiger partial charge in [0.25, 0.3) is 0 Å². The van der Waals surface area contributed by atoms with Gasteiger partial charge in [-0.25, -0.2) is 0 Å². The lowest BCUT2D eigenvalue weighted by molar-refractivity contribution is -0.0645. The lowest BCUT2D eigenvalue weighted by atomic mass is 10.2. The molecule has 0 aliphatic carbocycles. The molecular weight excluding hydrogens is 154 g/mol. The minimum atomic E-state index is -0.359. The van der Waals surface area contributed by atoms with E-state index >= 15 is 0 Å². The number of hydrogen-bond acceptors (Lipinski definition) is 3. The molecule has 1 rings (SSSR count). The van der Waals surface area contributed by atoms with Gasteiger partial charge in [0.15, 0.2) is 0 Å². The summed E-state index contributed by atoms with van der Waals surface area (Å²) in [5, 5.41) is 9.14. The molecule has 0 aromatic carbocycles. The van der Waals surface area contributed by atoms with Gasteiger partial charge in [-0.05, 0) is 20.8 Å². The van der Waals surface area contributed by atoms with E-state index in [0.29, 0.717) is 0 Å². The highest BCUT2D eigenvalue weighted by molar-refractivity contribution is 4.81. The Morgan fingerprint density at radius 1 is 1.42 bits per heavy atom. The van der Waals surface area contributed by atoms with Gasteiger partial charge >= 0.3 is 0 Å². The molecule has 0 bridgehead atoms. The Balaban J connectivity index is 2.34. The first-order valence-electron chi connectivity index (χ1n) is 4.50. The minimum absolute atomic E-state index is 0.267. The van der Waals surface area contributed by atoms with Gasteiger partial charge in [-0.15, -0.1) is 0 Å². The smallest absolute Gasteiger partial charge is 0.0683 e. The largest absolute Gasteiger partial charge is 0.392 e. The van der Waals surface area contributed by atoms with Crippen molar-refractivity contribution in [2.75, 3.05) is 13.1 Å². The SMILES string of the molecule is CC(O)[CH]N1C[C@@H](C)O[C@@H](C)C1. The monoisotopic (exact) mass is 172 g/mol. The molecule has 1 aliphatic rings. The molecule has 71 valence electrons. The van der Waals surface area contributed by atoms with Crippen LogP contribution in [0, 0.1) is 6.54 Å². The predicted octanol–water partition coefficient (Wildman–Crippen LogP) is 0.638. The van der Waals surface area contributed by atoms with E-state index in [9.17, 15) is 0 Å². The van der Waals surface area contributed by atoms with Crippen molar-refractivity contribution >= 4 is 0 Å². The minimum Gasteiger partial charge on any atom is -0.392 e. The molecule has 0 aromatic heterocycles. The van der Waals surface area contributed by atoms with Gasteiger partial charge < -0.3 is 9.84 Å². The van der Waals surface area contributed by atoms with Gasteiger partial charge in [-0.2, -0.15) is 0 Å². The molecular formula is C9H18NO2. The lowest BCUT2D eigenvalue weighted by Gasteiger charge is -2.35. The Labute approximate surface area is 74.3 Å². The molecule has 0 aromatic rings. The molecule has 12 heavy (non-hydrogen) atoms. The second kappa shape index (κ2) is 4.21. The summed E-state index contributed by atoms with van der Waals surface area (Å²) in [6.45, 7) is 9.50. The van der Waals surface area contributed by atoms with Crippen molar-refractivity contribution in [3.05, 3.63) is 6.54 Å². The maximum atomic E-state index is 9.14. The summed E-state index contributed by atoms with van der Waals surface area (Å²) in [5.74, 6) is 0. The highest BCUT2D eigenvalue weighted by Crippen LogP contribution is 2.12. The molecule has 0 spiro atoms. The van der Waals surface area contributed by atoms with Crippen LogP contribution >= 0.6 is 0 Å². The summed E-state index contributed by atoms with van der Waals surface area (Å²) < 4.78 is 5.55. The Morgan fingerprint density at radius 3 is 2.33 bits per heavy atom. The summed E-state index contributed by atoms with van der Waals surface area (Å²) in [6, 6.07) is 0. The third kappa shape index (κ3) is 3.09. The molecule has 1 fully saturated rings. The van der Waals surface area contributed by atoms with Gasteiger partial charge in [-0.3, -0.25) is 4.90 Å². The van der Waals surface area contributed by atoms with E-state index in [-0.39, 0.29) is 18.3 Å². The number of aliphatic hydroxyl groups is 1. The van der Waals surface area contributed by atoms with Gasteiger partial charge in [0.2, 0.25) is 0 Å². The number of morpholine rings is 1. The van der Waals surface area contributed by atoms with Crippen LogP contribution in [0.4, 0.5) is 0 Å². The van der Waals surface area contributed by atoms with E-state index in [1.807, 2.05) is 6.54 Å². The summed E-state index contributed by atoms with van der Waals surface area (Å²) in [7, 11) is 0. The van der Waals surface area contributed by atoms with Crippen LogP contribution in [0.15, 0.2) is 0 Å². The number of hydrogen-bond donors (Lipinski definition) is 1. The van der Waals surface area contributed by atoms with Crippen LogP contribution in [0.5, 0.6) is 0 Å². The third-order valence-corrected chi connectivity index (χ3v) is 1.87. The molecule has 1 heterocycles. The highest BCUT2D eigenvalue weighted by atomic mass is 16.5. The predicted molar refractivity (Wildman–Crippen MR) is 47.6 cm³/mol. The quantitative estimate of drug-likeness (QED) is 0.663. The molecule has 1 N–H and O–H groups in total. The first-order chi connectivity index (χ1) is 5.58. The molecule has 1 radical (unpaired) electrons. The van der Waals surface area contributed by atoms with Crippen LogP contribution in [0.3, 0.4) is 0 Å². The number of aliphatic hydroxyl groups excluding tert-OH is 1. The van der Waals surface area contributed by atoms with Crippen molar-refractivity contribution < 1.29 is 9.84 Å². The van der Waals surface area contributed by atoms with Crippen LogP contribution in [-0.2, 0) is 4.74 Å². The molecule has 3 heteroatoms. The Hall–Kier alpha value is -0.120. The lowest BCUT2D eigenvalue weighted by Crippen LogP contribution is -2.45. The third-order valence-electron chi connectivity index (χ3n) is 1.87. The van der Waals surface area contributed by atoms with Crippen molar-refractivity contribution in [1.29, 1.82) is 0 Å². The van der Waals surface area contributed by atoms with Crippen molar-refractivity contribution in [1.82, 2.24) is 4.90 Å². The molecule has 3 atom stereocenters. The van der Waals surface area contributed by atoms with Gasteiger partial charge in [-0.1, -0.05) is 0 Å². The Kier molecular flexibility index (Phi) is 3.50. The summed E-state index contributed by atoms with van der Waals surface area (Å²) in [5.41, 5.74) is 0. The second-order valence-corrected chi connectivity index (χ2v) is 3.60. The first kappa shape index (κ1) is 9.96. The van der Waals surface area contributed by atoms with Crippen LogP contribution in [0.2, 0.25) is 0 Å². The molecule has 1 saturated heterocycles. The van der Waals surface area contributed by atoms with Gasteiger partial charge in [0, 0.05) is 13.1 Å². The number of ether oxygens (including phenoxy) is 1. The molecule has 1 aliphatic heterocycles. The van der Waals surface area contributed by atoms with Crippen LogP contribution in [-0.4, -0.2) is 41.4 Å². The summed E-state index contributed by atoms with van der Waals surface area (Å²) in [4.78, 5) is 2.13. The van der Waals surface area contributed by atoms with Crippen molar-refractivity contribution in [2.24, 2.45) is 0 Å². The zero-order valence-corrected chi connectivity index (χ0v) is 8.03. The zero-order chi connectivity index (χ0) is 9.14. The van der Waals surface area contributed by atoms with Crippen molar-refractivity contribution in [3.8, 4) is 0 Å². The second-order valence-electron chi connectivity index (χ2n) is 3.60. The molecule has 0 saturated carbocycles. The van der Waals surface area contributed by atoms with Crippen molar-refractivity contribution in [2.45, 2.75) is 39.1 Å². The topological polar surface area (TPSA) is 32.7 Å². The van der Waals surface area contributed by atoms with E-state index in [0.717, 1.165) is 13.1 Å². The Morgan fingerprint density at radius 2 is 1.92 bits per heavy atom. The normalized spacial score (nSPS) is 35.0. The highest BCUT2D eigenvalue weighted by Gasteiger charge is 2.22. The van der Waals surface area contributed by atoms with Crippen LogP contribution in [0.25, 0.3) is 0 Å². The van der Waals surface area contributed by atoms with Crippen LogP contribution < -0.4 is 0 Å². The number of rotatable bonds is 2. The first-order valence-corrected chi connectivity index (χ1v) is 4.50. The van der Waals surface area contributed by atoms with E-state index in [2.05, 4.69) is 18.7 Å². The average molecular weight is 172 g/mol. The molecule has 1 unspecified atom stereocenters. The fraction of sp³-hybridized carbons (Fsp3) is 0.889. The van der Waals surface area contributed by atoms with E-state index in [1.165, 1.54) is 0 Å². The van der Waals surface area contributed by atoms with Gasteiger partial charge in [0.1, 0.15) is 0 Å². The summed E-state index contributed by atoms with van der Waals surface area (Å²) in [6.07, 6.45) is 0.176. The number of nitrogens with zero attached hydrogens (tertiary/aromatic N) is 1. The molecule has 0 amide bonds. The average Bonchev–Trinajstić information content (AvgIpc) is 1.81. The standard InChI is InChI=1S/C9H18NO2/c1-7(11)4-10-5-8(2)12-9(3)6-10/h4,7-9,11H,5-6H2,1-3H3/t7?,8-,9+. The maximum Gasteiger partial charge on any atom is 0.0683 e. The zero-order valence-electron chi connectivity index (χ0n) is 8.03. The van der Waals surface area contributed by atoms with Crippen molar-refractivity contribution in [3.63, 3.8) is 0 Å². The van der Waals surface area contributed by atoms with E-state index in [4.69, 9.17) is 9.84 Å². The molecule has 3 nitrogen and oxygen atoms in total. The maximum absolute atomic E-state index is 9.14. The van der Waals surface area contributed by atoms with E-state index in [1.54, 1.807) is 6.92 Å². The van der Waals surface area contributed by atoms with Gasteiger partial charge in [0.05, 0.1) is 24.9 Å². The summed E-state index contributed by atoms with van der Waals surface area (Å²) >= 11 is 0. The fourth-order valence-electron chi connectivity index (χ4n) is 1.64. The Bertz CT molecular complexity index is 126. The fourth-order valence-corrected chi connectivity index (χ4v) is 1.64. The van der Waals surface area contributed by atoms with E-state index < -0.39 is 0 Å².